The van der Waals surface area contributed by atoms with Crippen LogP contribution in [0, 0.1) is 0 Å². The first-order valence-electron chi connectivity index (χ1n) is 6.96. The molecule has 1 atom stereocenters. The fraction of sp³-hybridized carbons (Fsp3) is 0.600. The van der Waals surface area contributed by atoms with Crippen molar-refractivity contribution in [3.8, 4) is 5.75 Å². The second-order valence-electron chi connectivity index (χ2n) is 4.40. The third-order valence-corrected chi connectivity index (χ3v) is 2.75. The number of para-hydroxylation sites is 1. The monoisotopic (exact) mass is 267 g/mol. The Labute approximate surface area is 115 Å². The minimum absolute atomic E-state index is 0.134. The lowest BCUT2D eigenvalue weighted by atomic mass is 10.2. The van der Waals surface area contributed by atoms with Gasteiger partial charge in [0.25, 0.3) is 0 Å². The van der Waals surface area contributed by atoms with Crippen molar-refractivity contribution in [3.05, 3.63) is 30.3 Å². The van der Waals surface area contributed by atoms with E-state index >= 15 is 0 Å². The van der Waals surface area contributed by atoms with Gasteiger partial charge in [0.15, 0.2) is 0 Å². The van der Waals surface area contributed by atoms with Crippen LogP contribution in [0.25, 0.3) is 0 Å². The number of ether oxygens (including phenoxy) is 2. The van der Waals surface area contributed by atoms with E-state index in [1.807, 2.05) is 30.3 Å². The lowest BCUT2D eigenvalue weighted by Crippen LogP contribution is -2.34. The molecule has 2 N–H and O–H groups in total. The van der Waals surface area contributed by atoms with Gasteiger partial charge in [0.05, 0.1) is 13.2 Å². The molecule has 0 aromatic heterocycles. The van der Waals surface area contributed by atoms with Gasteiger partial charge >= 0.3 is 0 Å². The van der Waals surface area contributed by atoms with Crippen LogP contribution in [0.2, 0.25) is 0 Å². The van der Waals surface area contributed by atoms with E-state index in [2.05, 4.69) is 12.2 Å². The molecule has 0 aliphatic rings. The van der Waals surface area contributed by atoms with Crippen LogP contribution >= 0.6 is 0 Å². The Bertz CT molecular complexity index is 306. The normalized spacial score (nSPS) is 12.3. The highest BCUT2D eigenvalue weighted by Gasteiger charge is 2.05. The molecule has 0 saturated carbocycles. The van der Waals surface area contributed by atoms with Crippen LogP contribution in [-0.4, -0.2) is 44.1 Å². The molecule has 0 aliphatic carbocycles. The summed E-state index contributed by atoms with van der Waals surface area (Å²) in [5, 5.41) is 12.4. The second-order valence-corrected chi connectivity index (χ2v) is 4.40. The molecule has 0 bridgehead atoms. The van der Waals surface area contributed by atoms with Crippen molar-refractivity contribution in [2.45, 2.75) is 25.8 Å². The van der Waals surface area contributed by atoms with E-state index in [9.17, 15) is 0 Å². The van der Waals surface area contributed by atoms with Gasteiger partial charge in [-0.15, -0.1) is 0 Å². The third kappa shape index (κ3) is 7.82. The lowest BCUT2D eigenvalue weighted by molar-refractivity contribution is 0.0872. The Balaban J connectivity index is 1.98. The Morgan fingerprint density at radius 3 is 2.63 bits per heavy atom. The smallest absolute Gasteiger partial charge is 0.119 e. The van der Waals surface area contributed by atoms with Crippen molar-refractivity contribution in [1.29, 1.82) is 0 Å². The highest BCUT2D eigenvalue weighted by Crippen LogP contribution is 2.07. The summed E-state index contributed by atoms with van der Waals surface area (Å²) in [6.45, 7) is 4.96. The number of aliphatic hydroxyl groups is 1. The van der Waals surface area contributed by atoms with Gasteiger partial charge < -0.3 is 19.9 Å². The van der Waals surface area contributed by atoms with Crippen LogP contribution in [0.3, 0.4) is 0 Å². The minimum Gasteiger partial charge on any atom is -0.491 e. The molecule has 0 amide bonds. The van der Waals surface area contributed by atoms with Crippen molar-refractivity contribution in [2.24, 2.45) is 0 Å². The summed E-state index contributed by atoms with van der Waals surface area (Å²) < 4.78 is 11.0. The molecule has 0 heterocycles. The zero-order chi connectivity index (χ0) is 13.8. The SMILES string of the molecule is CCCNC(CO)CCOCCOc1ccccc1. The van der Waals surface area contributed by atoms with Crippen LogP contribution in [-0.2, 0) is 4.74 Å². The van der Waals surface area contributed by atoms with Crippen molar-refractivity contribution >= 4 is 0 Å². The number of nitrogens with one attached hydrogen (secondary N) is 1. The summed E-state index contributed by atoms with van der Waals surface area (Å²) >= 11 is 0. The van der Waals surface area contributed by atoms with E-state index < -0.39 is 0 Å². The molecule has 4 heteroatoms. The number of aliphatic hydroxyl groups excluding tert-OH is 1. The van der Waals surface area contributed by atoms with Gasteiger partial charge in [0.2, 0.25) is 0 Å². The predicted molar refractivity (Wildman–Crippen MR) is 76.5 cm³/mol. The second kappa shape index (κ2) is 10.8. The van der Waals surface area contributed by atoms with Gasteiger partial charge in [-0.25, -0.2) is 0 Å². The largest absolute Gasteiger partial charge is 0.491 e. The van der Waals surface area contributed by atoms with Gasteiger partial charge in [-0.05, 0) is 31.5 Å². The van der Waals surface area contributed by atoms with Crippen molar-refractivity contribution in [2.75, 3.05) is 33.0 Å². The summed E-state index contributed by atoms with van der Waals surface area (Å²) in [5.74, 6) is 0.865. The maximum atomic E-state index is 9.16. The van der Waals surface area contributed by atoms with E-state index in [1.165, 1.54) is 0 Å². The summed E-state index contributed by atoms with van der Waals surface area (Å²) in [6, 6.07) is 9.84. The molecule has 0 spiro atoms. The van der Waals surface area contributed by atoms with Crippen LogP contribution in [0.5, 0.6) is 5.75 Å². The topological polar surface area (TPSA) is 50.7 Å². The van der Waals surface area contributed by atoms with Gasteiger partial charge in [-0.1, -0.05) is 25.1 Å². The fourth-order valence-corrected chi connectivity index (χ4v) is 1.67. The van der Waals surface area contributed by atoms with Crippen LogP contribution in [0.15, 0.2) is 30.3 Å². The molecule has 108 valence electrons. The van der Waals surface area contributed by atoms with Crippen LogP contribution in [0.4, 0.5) is 0 Å². The standard InChI is InChI=1S/C15H25NO3/c1-2-9-16-14(13-17)8-10-18-11-12-19-15-6-4-3-5-7-15/h3-7,14,16-17H,2,8-13H2,1H3. The molecule has 1 unspecified atom stereocenters. The molecule has 4 nitrogen and oxygen atoms in total. The molecule has 0 saturated heterocycles. The molecule has 1 rings (SSSR count). The average molecular weight is 267 g/mol. The third-order valence-electron chi connectivity index (χ3n) is 2.75. The quantitative estimate of drug-likeness (QED) is 0.601. The Morgan fingerprint density at radius 1 is 1.16 bits per heavy atom. The fourth-order valence-electron chi connectivity index (χ4n) is 1.67. The van der Waals surface area contributed by atoms with Gasteiger partial charge in [-0.3, -0.25) is 0 Å². The Morgan fingerprint density at radius 2 is 1.95 bits per heavy atom. The maximum absolute atomic E-state index is 9.16. The van der Waals surface area contributed by atoms with E-state index in [4.69, 9.17) is 14.6 Å². The molecule has 0 aliphatic heterocycles. The van der Waals surface area contributed by atoms with Gasteiger partial charge in [0.1, 0.15) is 12.4 Å². The molecular formula is C15H25NO3. The van der Waals surface area contributed by atoms with Crippen molar-refractivity contribution in [1.82, 2.24) is 5.32 Å². The lowest BCUT2D eigenvalue weighted by Gasteiger charge is -2.15. The number of hydrogen-bond donors (Lipinski definition) is 2. The Hall–Kier alpha value is -1.10. The van der Waals surface area contributed by atoms with E-state index in [0.717, 1.165) is 25.1 Å². The first kappa shape index (κ1) is 16.0. The van der Waals surface area contributed by atoms with Gasteiger partial charge in [0, 0.05) is 12.6 Å². The minimum atomic E-state index is 0.134. The van der Waals surface area contributed by atoms with E-state index in [0.29, 0.717) is 19.8 Å². The van der Waals surface area contributed by atoms with Crippen LogP contribution < -0.4 is 10.1 Å². The zero-order valence-corrected chi connectivity index (χ0v) is 11.7. The van der Waals surface area contributed by atoms with Crippen molar-refractivity contribution < 1.29 is 14.6 Å². The van der Waals surface area contributed by atoms with Crippen molar-refractivity contribution in [3.63, 3.8) is 0 Å². The summed E-state index contributed by atoms with van der Waals surface area (Å²) in [7, 11) is 0. The number of benzene rings is 1. The molecule has 19 heavy (non-hydrogen) atoms. The molecule has 1 aromatic carbocycles. The van der Waals surface area contributed by atoms with Crippen LogP contribution in [0.1, 0.15) is 19.8 Å². The first-order chi connectivity index (χ1) is 9.36. The Kier molecular flexibility index (Phi) is 9.06. The first-order valence-corrected chi connectivity index (χ1v) is 6.96. The zero-order valence-electron chi connectivity index (χ0n) is 11.7. The van der Waals surface area contributed by atoms with E-state index in [1.54, 1.807) is 0 Å². The number of hydrogen-bond acceptors (Lipinski definition) is 4. The number of rotatable bonds is 11. The van der Waals surface area contributed by atoms with E-state index in [-0.39, 0.29) is 12.6 Å². The van der Waals surface area contributed by atoms with Gasteiger partial charge in [-0.2, -0.15) is 0 Å². The molecular weight excluding hydrogens is 242 g/mol. The summed E-state index contributed by atoms with van der Waals surface area (Å²) in [4.78, 5) is 0. The maximum Gasteiger partial charge on any atom is 0.119 e. The highest BCUT2D eigenvalue weighted by atomic mass is 16.5. The highest BCUT2D eigenvalue weighted by molar-refractivity contribution is 5.20. The summed E-state index contributed by atoms with van der Waals surface area (Å²) in [6.07, 6.45) is 1.89. The molecule has 0 radical (unpaired) electrons. The molecule has 1 aromatic rings. The predicted octanol–water partition coefficient (Wildman–Crippen LogP) is 1.83. The summed E-state index contributed by atoms with van der Waals surface area (Å²) in [5.41, 5.74) is 0. The molecule has 0 fully saturated rings. The average Bonchev–Trinajstić information content (AvgIpc) is 2.47.